The van der Waals surface area contributed by atoms with Crippen molar-refractivity contribution in [1.82, 2.24) is 4.31 Å². The molecule has 1 aromatic carbocycles. The second-order valence-electron chi connectivity index (χ2n) is 5.22. The Kier molecular flexibility index (Phi) is 3.96. The Balaban J connectivity index is 2.06. The number of nitrogens with two attached hydrogens (primary N) is 1. The van der Waals surface area contributed by atoms with Gasteiger partial charge in [-0.3, -0.25) is 0 Å². The molecule has 2 N–H and O–H groups in total. The molecule has 0 amide bonds. The van der Waals surface area contributed by atoms with Crippen LogP contribution in [0.5, 0.6) is 0 Å². The molecule has 0 saturated carbocycles. The van der Waals surface area contributed by atoms with Gasteiger partial charge in [-0.25, -0.2) is 8.42 Å². The zero-order chi connectivity index (χ0) is 14.0. The fraction of sp³-hybridized carbons (Fsp3) is 0.429. The molecule has 0 spiro atoms. The Bertz CT molecular complexity index is 574. The van der Waals surface area contributed by atoms with E-state index in [1.54, 1.807) is 28.6 Å². The van der Waals surface area contributed by atoms with Crippen molar-refractivity contribution in [3.05, 3.63) is 41.5 Å². The summed E-state index contributed by atoms with van der Waals surface area (Å²) in [7, 11) is -3.25. The van der Waals surface area contributed by atoms with Crippen molar-refractivity contribution < 1.29 is 8.42 Å². The lowest BCUT2D eigenvalue weighted by molar-refractivity contribution is 0.477. The Morgan fingerprint density at radius 2 is 1.89 bits per heavy atom. The third-order valence-corrected chi connectivity index (χ3v) is 5.14. The first-order chi connectivity index (χ1) is 8.88. The molecular weight excluding hydrogens is 260 g/mol. The van der Waals surface area contributed by atoms with E-state index in [9.17, 15) is 8.42 Å². The van der Waals surface area contributed by atoms with E-state index in [-0.39, 0.29) is 5.75 Å². The zero-order valence-corrected chi connectivity index (χ0v) is 12.2. The highest BCUT2D eigenvalue weighted by molar-refractivity contribution is 7.88. The quantitative estimate of drug-likeness (QED) is 0.677. The van der Waals surface area contributed by atoms with Gasteiger partial charge in [-0.1, -0.05) is 37.6 Å². The van der Waals surface area contributed by atoms with Crippen LogP contribution in [0.3, 0.4) is 0 Å². The molecule has 19 heavy (non-hydrogen) atoms. The van der Waals surface area contributed by atoms with Crippen LogP contribution in [-0.2, 0) is 15.8 Å². The average Bonchev–Trinajstić information content (AvgIpc) is 2.82. The lowest BCUT2D eigenvalue weighted by Gasteiger charge is -2.17. The second-order valence-corrected chi connectivity index (χ2v) is 7.19. The van der Waals surface area contributed by atoms with Crippen LogP contribution in [0.1, 0.15) is 19.4 Å². The minimum Gasteiger partial charge on any atom is -0.399 e. The first kappa shape index (κ1) is 14.1. The average molecular weight is 280 g/mol. The van der Waals surface area contributed by atoms with Crippen LogP contribution in [0, 0.1) is 5.92 Å². The largest absolute Gasteiger partial charge is 0.399 e. The van der Waals surface area contributed by atoms with Crippen LogP contribution in [0.4, 0.5) is 5.69 Å². The summed E-state index contributed by atoms with van der Waals surface area (Å²) in [5.74, 6) is 0.434. The number of hydrogen-bond donors (Lipinski definition) is 1. The minimum absolute atomic E-state index is 0.0342. The first-order valence-electron chi connectivity index (χ1n) is 6.39. The third-order valence-electron chi connectivity index (χ3n) is 3.38. The van der Waals surface area contributed by atoms with Gasteiger partial charge in [-0.05, 0) is 23.6 Å². The third kappa shape index (κ3) is 3.36. The summed E-state index contributed by atoms with van der Waals surface area (Å²) in [6.45, 7) is 5.18. The Morgan fingerprint density at radius 3 is 2.42 bits per heavy atom. The van der Waals surface area contributed by atoms with E-state index in [1.165, 1.54) is 5.57 Å². The summed E-state index contributed by atoms with van der Waals surface area (Å²) in [5, 5.41) is 0. The summed E-state index contributed by atoms with van der Waals surface area (Å²) in [6.07, 6.45) is 2.02. The van der Waals surface area contributed by atoms with Gasteiger partial charge in [-0.15, -0.1) is 0 Å². The highest BCUT2D eigenvalue weighted by Gasteiger charge is 2.27. The maximum atomic E-state index is 12.3. The monoisotopic (exact) mass is 280 g/mol. The summed E-state index contributed by atoms with van der Waals surface area (Å²) >= 11 is 0. The van der Waals surface area contributed by atoms with E-state index in [0.29, 0.717) is 24.7 Å². The number of nitrogen functional groups attached to an aromatic ring is 1. The van der Waals surface area contributed by atoms with Gasteiger partial charge in [0.25, 0.3) is 0 Å². The first-order valence-corrected chi connectivity index (χ1v) is 8.00. The van der Waals surface area contributed by atoms with Gasteiger partial charge in [0.2, 0.25) is 10.0 Å². The number of rotatable bonds is 4. The van der Waals surface area contributed by atoms with Crippen molar-refractivity contribution in [3.8, 4) is 0 Å². The molecular formula is C14H20N2O2S. The standard InChI is InChI=1S/C14H20N2O2S/c1-11(2)13-7-8-16(9-13)19(17,18)10-12-3-5-14(15)6-4-12/h3-7,11H,8-10,15H2,1-2H3. The lowest BCUT2D eigenvalue weighted by Crippen LogP contribution is -2.30. The molecule has 0 fully saturated rings. The maximum absolute atomic E-state index is 12.3. The summed E-state index contributed by atoms with van der Waals surface area (Å²) in [4.78, 5) is 0. The molecule has 1 aliphatic heterocycles. The highest BCUT2D eigenvalue weighted by Crippen LogP contribution is 2.22. The second kappa shape index (κ2) is 5.35. The topological polar surface area (TPSA) is 63.4 Å². The number of benzene rings is 1. The van der Waals surface area contributed by atoms with Crippen molar-refractivity contribution in [1.29, 1.82) is 0 Å². The van der Waals surface area contributed by atoms with Crippen LogP contribution >= 0.6 is 0 Å². The summed E-state index contributed by atoms with van der Waals surface area (Å²) < 4.78 is 26.2. The molecule has 0 bridgehead atoms. The normalized spacial score (nSPS) is 16.9. The molecule has 104 valence electrons. The van der Waals surface area contributed by atoms with Crippen molar-refractivity contribution in [2.24, 2.45) is 5.92 Å². The van der Waals surface area contributed by atoms with E-state index in [1.807, 2.05) is 6.08 Å². The smallest absolute Gasteiger partial charge is 0.218 e. The molecule has 0 aromatic heterocycles. The summed E-state index contributed by atoms with van der Waals surface area (Å²) in [6, 6.07) is 6.98. The van der Waals surface area contributed by atoms with Crippen molar-refractivity contribution in [3.63, 3.8) is 0 Å². The molecule has 1 aromatic rings. The van der Waals surface area contributed by atoms with Gasteiger partial charge in [0.15, 0.2) is 0 Å². The number of sulfonamides is 1. The molecule has 1 aliphatic rings. The van der Waals surface area contributed by atoms with Crippen LogP contribution in [-0.4, -0.2) is 25.8 Å². The molecule has 5 heteroatoms. The lowest BCUT2D eigenvalue weighted by atomic mass is 10.1. The van der Waals surface area contributed by atoms with Crippen LogP contribution in [0.2, 0.25) is 0 Å². The van der Waals surface area contributed by atoms with E-state index >= 15 is 0 Å². The molecule has 4 nitrogen and oxygen atoms in total. The molecule has 0 unspecified atom stereocenters. The van der Waals surface area contributed by atoms with Gasteiger partial charge in [-0.2, -0.15) is 4.31 Å². The fourth-order valence-electron chi connectivity index (χ4n) is 2.10. The molecule has 0 saturated heterocycles. The predicted octanol–water partition coefficient (Wildman–Crippen LogP) is 2.00. The van der Waals surface area contributed by atoms with Crippen molar-refractivity contribution in [2.75, 3.05) is 18.8 Å². The zero-order valence-electron chi connectivity index (χ0n) is 11.3. The molecule has 0 radical (unpaired) electrons. The van der Waals surface area contributed by atoms with Crippen LogP contribution < -0.4 is 5.73 Å². The van der Waals surface area contributed by atoms with Gasteiger partial charge < -0.3 is 5.73 Å². The predicted molar refractivity (Wildman–Crippen MR) is 78.0 cm³/mol. The Morgan fingerprint density at radius 1 is 1.26 bits per heavy atom. The van der Waals surface area contributed by atoms with Crippen LogP contribution in [0.15, 0.2) is 35.9 Å². The fourth-order valence-corrected chi connectivity index (χ4v) is 3.54. The highest BCUT2D eigenvalue weighted by atomic mass is 32.2. The SMILES string of the molecule is CC(C)C1=CCN(S(=O)(=O)Cc2ccc(N)cc2)C1. The van der Waals surface area contributed by atoms with E-state index in [2.05, 4.69) is 13.8 Å². The maximum Gasteiger partial charge on any atom is 0.218 e. The van der Waals surface area contributed by atoms with Gasteiger partial charge in [0.1, 0.15) is 0 Å². The number of nitrogens with zero attached hydrogens (tertiary/aromatic N) is 1. The number of anilines is 1. The molecule has 1 heterocycles. The van der Waals surface area contributed by atoms with Gasteiger partial charge in [0, 0.05) is 18.8 Å². The Hall–Kier alpha value is -1.33. The van der Waals surface area contributed by atoms with Gasteiger partial charge >= 0.3 is 0 Å². The van der Waals surface area contributed by atoms with Crippen molar-refractivity contribution >= 4 is 15.7 Å². The molecule has 0 aliphatic carbocycles. The summed E-state index contributed by atoms with van der Waals surface area (Å²) in [5.41, 5.74) is 8.21. The minimum atomic E-state index is -3.25. The van der Waals surface area contributed by atoms with Crippen molar-refractivity contribution in [2.45, 2.75) is 19.6 Å². The molecule has 0 atom stereocenters. The Labute approximate surface area is 115 Å². The van der Waals surface area contributed by atoms with Crippen LogP contribution in [0.25, 0.3) is 0 Å². The van der Waals surface area contributed by atoms with E-state index in [0.717, 1.165) is 5.56 Å². The van der Waals surface area contributed by atoms with Gasteiger partial charge in [0.05, 0.1) is 5.75 Å². The molecule has 2 rings (SSSR count). The number of hydrogen-bond acceptors (Lipinski definition) is 3. The van der Waals surface area contributed by atoms with E-state index in [4.69, 9.17) is 5.73 Å². The van der Waals surface area contributed by atoms with E-state index < -0.39 is 10.0 Å².